The average Bonchev–Trinajstić information content (AvgIpc) is 2.73. The van der Waals surface area contributed by atoms with Crippen LogP contribution in [0.2, 0.25) is 0 Å². The molecule has 0 saturated heterocycles. The zero-order chi connectivity index (χ0) is 20.6. The Labute approximate surface area is 168 Å². The molecule has 5 nitrogen and oxygen atoms in total. The first-order valence-electron chi connectivity index (χ1n) is 9.14. The lowest BCUT2D eigenvalue weighted by Crippen LogP contribution is -2.35. The summed E-state index contributed by atoms with van der Waals surface area (Å²) in [5, 5.41) is 5.57. The van der Waals surface area contributed by atoms with Gasteiger partial charge in [0.1, 0.15) is 6.61 Å². The topological polar surface area (TPSA) is 67.4 Å². The van der Waals surface area contributed by atoms with Crippen LogP contribution in [-0.2, 0) is 0 Å². The second-order valence-corrected chi connectivity index (χ2v) is 6.44. The lowest BCUT2D eigenvalue weighted by molar-refractivity contribution is 0.101. The van der Waals surface area contributed by atoms with Crippen molar-refractivity contribution in [3.05, 3.63) is 95.8 Å². The lowest BCUT2D eigenvalue weighted by atomic mass is 10.1. The quantitative estimate of drug-likeness (QED) is 0.558. The molecule has 2 N–H and O–H groups in total. The fraction of sp³-hybridized carbons (Fsp3) is 0.130. The number of para-hydroxylation sites is 1. The fourth-order valence-electron chi connectivity index (χ4n) is 2.76. The average molecular weight is 392 g/mol. The van der Waals surface area contributed by atoms with E-state index in [0.717, 1.165) is 5.56 Å². The first-order valence-corrected chi connectivity index (χ1v) is 9.14. The number of anilines is 1. The van der Waals surface area contributed by atoms with Crippen molar-refractivity contribution in [3.8, 4) is 5.75 Å². The van der Waals surface area contributed by atoms with Crippen LogP contribution in [-0.4, -0.2) is 18.4 Å². The molecule has 0 spiro atoms. The Bertz CT molecular complexity index is 975. The van der Waals surface area contributed by atoms with Gasteiger partial charge in [-0.3, -0.25) is 4.79 Å². The number of Topliss-reactive ketones (excluding diaryl/α,β-unsaturated/α-hetero) is 1. The Balaban J connectivity index is 1.68. The second-order valence-electron chi connectivity index (χ2n) is 6.44. The fourth-order valence-corrected chi connectivity index (χ4v) is 2.76. The van der Waals surface area contributed by atoms with Crippen LogP contribution in [0.4, 0.5) is 14.9 Å². The summed E-state index contributed by atoms with van der Waals surface area (Å²) in [5.41, 5.74) is 1.94. The highest BCUT2D eigenvalue weighted by Gasteiger charge is 2.16. The molecule has 0 aliphatic carbocycles. The number of hydrogen-bond donors (Lipinski definition) is 2. The highest BCUT2D eigenvalue weighted by atomic mass is 19.1. The number of benzene rings is 3. The molecule has 148 valence electrons. The van der Waals surface area contributed by atoms with Crippen LogP contribution in [0.1, 0.15) is 28.9 Å². The molecule has 0 saturated carbocycles. The number of carbonyl (C=O) groups is 2. The number of hydrogen-bond acceptors (Lipinski definition) is 3. The van der Waals surface area contributed by atoms with Crippen molar-refractivity contribution in [1.29, 1.82) is 0 Å². The molecule has 0 aromatic heterocycles. The molecule has 0 unspecified atom stereocenters. The van der Waals surface area contributed by atoms with Gasteiger partial charge in [0.25, 0.3) is 0 Å². The molecule has 0 fully saturated rings. The van der Waals surface area contributed by atoms with E-state index in [1.165, 1.54) is 19.1 Å². The molecule has 1 atom stereocenters. The predicted octanol–water partition coefficient (Wildman–Crippen LogP) is 4.97. The highest BCUT2D eigenvalue weighted by molar-refractivity contribution is 5.95. The third-order valence-electron chi connectivity index (χ3n) is 4.30. The van der Waals surface area contributed by atoms with Gasteiger partial charge in [-0.25, -0.2) is 9.18 Å². The maximum Gasteiger partial charge on any atom is 0.319 e. The summed E-state index contributed by atoms with van der Waals surface area (Å²) in [5.74, 6) is -0.389. The molecule has 0 radical (unpaired) electrons. The molecule has 0 bridgehead atoms. The largest absolute Gasteiger partial charge is 0.488 e. The maximum absolute atomic E-state index is 13.8. The molecule has 3 aromatic rings. The van der Waals surface area contributed by atoms with Gasteiger partial charge in [-0.15, -0.1) is 0 Å². The third-order valence-corrected chi connectivity index (χ3v) is 4.30. The van der Waals surface area contributed by atoms with Gasteiger partial charge in [0, 0.05) is 11.3 Å². The molecular formula is C23H21FN2O3. The minimum Gasteiger partial charge on any atom is -0.488 e. The number of ether oxygens (including phenoxy) is 1. The van der Waals surface area contributed by atoms with Crippen molar-refractivity contribution >= 4 is 17.5 Å². The summed E-state index contributed by atoms with van der Waals surface area (Å²) in [7, 11) is 0. The summed E-state index contributed by atoms with van der Waals surface area (Å²) >= 11 is 0. The van der Waals surface area contributed by atoms with E-state index in [9.17, 15) is 14.0 Å². The Kier molecular flexibility index (Phi) is 6.58. The first-order chi connectivity index (χ1) is 14.0. The number of amides is 2. The molecule has 6 heteroatoms. The summed E-state index contributed by atoms with van der Waals surface area (Å²) in [6.45, 7) is 1.54. The van der Waals surface area contributed by atoms with Crippen LogP contribution >= 0.6 is 0 Å². The van der Waals surface area contributed by atoms with Crippen molar-refractivity contribution in [2.45, 2.75) is 13.0 Å². The van der Waals surface area contributed by atoms with Crippen molar-refractivity contribution in [2.75, 3.05) is 11.9 Å². The van der Waals surface area contributed by atoms with Crippen molar-refractivity contribution in [1.82, 2.24) is 5.32 Å². The van der Waals surface area contributed by atoms with Crippen LogP contribution in [0, 0.1) is 5.82 Å². The van der Waals surface area contributed by atoms with Gasteiger partial charge in [0.05, 0.1) is 6.04 Å². The van der Waals surface area contributed by atoms with Crippen molar-refractivity contribution in [3.63, 3.8) is 0 Å². The van der Waals surface area contributed by atoms with E-state index in [1.54, 1.807) is 36.4 Å². The monoisotopic (exact) mass is 392 g/mol. The van der Waals surface area contributed by atoms with E-state index < -0.39 is 17.9 Å². The molecule has 2 amide bonds. The number of rotatable bonds is 7. The van der Waals surface area contributed by atoms with Gasteiger partial charge >= 0.3 is 6.03 Å². The zero-order valence-electron chi connectivity index (χ0n) is 15.9. The van der Waals surface area contributed by atoms with Crippen LogP contribution in [0.15, 0.2) is 78.9 Å². The Morgan fingerprint density at radius 1 is 0.931 bits per heavy atom. The standard InChI is InChI=1S/C23H21FN2O3/c1-16(27)17-11-13-19(14-12-17)25-23(28)26-21(18-7-3-2-4-8-18)15-29-22-10-6-5-9-20(22)24/h2-14,21H,15H2,1H3,(H2,25,26,28)/t21-/m1/s1. The lowest BCUT2D eigenvalue weighted by Gasteiger charge is -2.20. The Morgan fingerprint density at radius 2 is 1.59 bits per heavy atom. The predicted molar refractivity (Wildman–Crippen MR) is 110 cm³/mol. The SMILES string of the molecule is CC(=O)c1ccc(NC(=O)N[C@H](COc2ccccc2F)c2ccccc2)cc1. The smallest absolute Gasteiger partial charge is 0.319 e. The van der Waals surface area contributed by atoms with Gasteiger partial charge in [-0.05, 0) is 48.9 Å². The van der Waals surface area contributed by atoms with Gasteiger partial charge < -0.3 is 15.4 Å². The molecular weight excluding hydrogens is 371 g/mol. The molecule has 0 aliphatic heterocycles. The maximum atomic E-state index is 13.8. The van der Waals surface area contributed by atoms with Crippen LogP contribution in [0.25, 0.3) is 0 Å². The first kappa shape index (κ1) is 20.1. The zero-order valence-corrected chi connectivity index (χ0v) is 15.9. The summed E-state index contributed by atoms with van der Waals surface area (Å²) in [4.78, 5) is 23.8. The number of carbonyl (C=O) groups excluding carboxylic acids is 2. The van der Waals surface area contributed by atoms with E-state index in [2.05, 4.69) is 10.6 Å². The highest BCUT2D eigenvalue weighted by Crippen LogP contribution is 2.19. The number of nitrogens with one attached hydrogen (secondary N) is 2. The third kappa shape index (κ3) is 5.65. The molecule has 0 aliphatic rings. The molecule has 3 aromatic carbocycles. The number of ketones is 1. The molecule has 0 heterocycles. The minimum atomic E-state index is -0.493. The van der Waals surface area contributed by atoms with Gasteiger partial charge in [0.15, 0.2) is 17.3 Å². The van der Waals surface area contributed by atoms with Gasteiger partial charge in [0.2, 0.25) is 0 Å². The Morgan fingerprint density at radius 3 is 2.24 bits per heavy atom. The van der Waals surface area contributed by atoms with E-state index in [1.807, 2.05) is 30.3 Å². The van der Waals surface area contributed by atoms with Crippen LogP contribution in [0.5, 0.6) is 5.75 Å². The van der Waals surface area contributed by atoms with Crippen molar-refractivity contribution in [2.24, 2.45) is 0 Å². The van der Waals surface area contributed by atoms with E-state index in [-0.39, 0.29) is 18.1 Å². The minimum absolute atomic E-state index is 0.0459. The second kappa shape index (κ2) is 9.50. The molecule has 29 heavy (non-hydrogen) atoms. The summed E-state index contributed by atoms with van der Waals surface area (Å²) in [6.07, 6.45) is 0. The Hall–Kier alpha value is -3.67. The number of halogens is 1. The summed E-state index contributed by atoms with van der Waals surface area (Å²) in [6, 6.07) is 21.1. The van der Waals surface area contributed by atoms with E-state index in [4.69, 9.17) is 4.74 Å². The summed E-state index contributed by atoms with van der Waals surface area (Å²) < 4.78 is 19.4. The van der Waals surface area contributed by atoms with E-state index in [0.29, 0.717) is 11.3 Å². The van der Waals surface area contributed by atoms with Crippen LogP contribution < -0.4 is 15.4 Å². The van der Waals surface area contributed by atoms with Crippen LogP contribution in [0.3, 0.4) is 0 Å². The van der Waals surface area contributed by atoms with E-state index >= 15 is 0 Å². The van der Waals surface area contributed by atoms with Gasteiger partial charge in [-0.2, -0.15) is 0 Å². The molecule has 3 rings (SSSR count). The van der Waals surface area contributed by atoms with Crippen molar-refractivity contribution < 1.29 is 18.7 Å². The normalized spacial score (nSPS) is 11.4. The van der Waals surface area contributed by atoms with Gasteiger partial charge in [-0.1, -0.05) is 42.5 Å². The number of urea groups is 1.